The minimum atomic E-state index is -0.554. The van der Waals surface area contributed by atoms with Gasteiger partial charge in [0, 0.05) is 17.5 Å². The van der Waals surface area contributed by atoms with Crippen LogP contribution in [0.1, 0.15) is 46.9 Å². The van der Waals surface area contributed by atoms with Crippen LogP contribution in [0.2, 0.25) is 0 Å². The molecule has 1 unspecified atom stereocenters. The zero-order valence-corrected chi connectivity index (χ0v) is 20.7. The summed E-state index contributed by atoms with van der Waals surface area (Å²) in [6, 6.07) is 19.3. The third kappa shape index (κ3) is 4.46. The molecule has 1 atom stereocenters. The van der Waals surface area contributed by atoms with Crippen LogP contribution in [0, 0.1) is 5.92 Å². The molecule has 0 spiro atoms. The van der Waals surface area contributed by atoms with E-state index in [4.69, 9.17) is 24.3 Å². The first-order valence-electron chi connectivity index (χ1n) is 12.0. The van der Waals surface area contributed by atoms with Crippen molar-refractivity contribution in [2.75, 3.05) is 0 Å². The van der Waals surface area contributed by atoms with Crippen molar-refractivity contribution >= 4 is 12.7 Å². The van der Waals surface area contributed by atoms with E-state index in [-0.39, 0.29) is 18.2 Å². The second kappa shape index (κ2) is 8.81. The predicted octanol–water partition coefficient (Wildman–Crippen LogP) is 6.48. The van der Waals surface area contributed by atoms with Gasteiger partial charge in [-0.1, -0.05) is 73.7 Å². The second-order valence-corrected chi connectivity index (χ2v) is 10.2. The number of allylic oxidation sites excluding steroid dienone is 4. The first kappa shape index (κ1) is 23.6. The minimum Gasteiger partial charge on any atom is -0.400 e. The predicted molar refractivity (Wildman–Crippen MR) is 137 cm³/mol. The molecule has 2 aromatic carbocycles. The molecule has 0 saturated carbocycles. The SMILES string of the molecule is CC1CC(F)=C(c2nc(-c3ccccc3)nc(-c3ccccc3)n2)C=C1B1OC(C)(C)C(C)(C)O1. The fourth-order valence-corrected chi connectivity index (χ4v) is 4.28. The summed E-state index contributed by atoms with van der Waals surface area (Å²) in [6.07, 6.45) is 2.04. The highest BCUT2D eigenvalue weighted by molar-refractivity contribution is 6.55. The summed E-state index contributed by atoms with van der Waals surface area (Å²) in [5, 5.41) is 0. The smallest absolute Gasteiger partial charge is 0.400 e. The number of aromatic nitrogens is 3. The van der Waals surface area contributed by atoms with Crippen LogP contribution < -0.4 is 0 Å². The first-order chi connectivity index (χ1) is 16.6. The molecule has 178 valence electrons. The lowest BCUT2D eigenvalue weighted by molar-refractivity contribution is 0.00578. The summed E-state index contributed by atoms with van der Waals surface area (Å²) in [4.78, 5) is 14.1. The van der Waals surface area contributed by atoms with Crippen LogP contribution in [0.4, 0.5) is 4.39 Å². The van der Waals surface area contributed by atoms with E-state index in [1.165, 1.54) is 0 Å². The summed E-state index contributed by atoms with van der Waals surface area (Å²) in [7, 11) is -0.554. The Morgan fingerprint density at radius 2 is 1.23 bits per heavy atom. The van der Waals surface area contributed by atoms with E-state index in [0.717, 1.165) is 16.6 Å². The number of benzene rings is 2. The van der Waals surface area contributed by atoms with Crippen LogP contribution >= 0.6 is 0 Å². The molecule has 1 fully saturated rings. The lowest BCUT2D eigenvalue weighted by atomic mass is 9.67. The fourth-order valence-electron chi connectivity index (χ4n) is 4.28. The van der Waals surface area contributed by atoms with E-state index in [1.54, 1.807) is 0 Å². The van der Waals surface area contributed by atoms with Gasteiger partial charge in [0.1, 0.15) is 5.83 Å². The van der Waals surface area contributed by atoms with Gasteiger partial charge in [-0.15, -0.1) is 0 Å². The monoisotopic (exact) mass is 469 g/mol. The second-order valence-electron chi connectivity index (χ2n) is 10.2. The molecule has 3 aromatic rings. The Labute approximate surface area is 206 Å². The van der Waals surface area contributed by atoms with Gasteiger partial charge < -0.3 is 9.31 Å². The van der Waals surface area contributed by atoms with Crippen LogP contribution in [-0.2, 0) is 9.31 Å². The Bertz CT molecular complexity index is 1230. The molecular formula is C28H29BFN3O2. The van der Waals surface area contributed by atoms with E-state index in [2.05, 4.69) is 0 Å². The largest absolute Gasteiger partial charge is 0.490 e. The highest BCUT2D eigenvalue weighted by Gasteiger charge is 2.53. The number of hydrogen-bond acceptors (Lipinski definition) is 5. The van der Waals surface area contributed by atoms with Crippen molar-refractivity contribution in [2.24, 2.45) is 5.92 Å². The normalized spacial score (nSPS) is 21.3. The Morgan fingerprint density at radius 1 is 0.771 bits per heavy atom. The number of halogens is 1. The lowest BCUT2D eigenvalue weighted by Crippen LogP contribution is -2.41. The van der Waals surface area contributed by atoms with Gasteiger partial charge in [0.25, 0.3) is 0 Å². The molecular weight excluding hydrogens is 440 g/mol. The minimum absolute atomic E-state index is 0.0718. The molecule has 0 amide bonds. The first-order valence-corrected chi connectivity index (χ1v) is 12.0. The molecule has 1 aliphatic heterocycles. The molecule has 0 radical (unpaired) electrons. The summed E-state index contributed by atoms with van der Waals surface area (Å²) in [5.74, 6) is 0.980. The quantitative estimate of drug-likeness (QED) is 0.409. The highest BCUT2D eigenvalue weighted by Crippen LogP contribution is 2.43. The molecule has 1 aliphatic carbocycles. The average Bonchev–Trinajstić information content (AvgIpc) is 3.06. The molecule has 5 rings (SSSR count). The van der Waals surface area contributed by atoms with Gasteiger partial charge in [0.05, 0.1) is 16.8 Å². The van der Waals surface area contributed by atoms with E-state index >= 15 is 4.39 Å². The zero-order valence-electron chi connectivity index (χ0n) is 20.7. The molecule has 1 aromatic heterocycles. The summed E-state index contributed by atoms with van der Waals surface area (Å²) < 4.78 is 28.1. The molecule has 2 heterocycles. The van der Waals surface area contributed by atoms with Gasteiger partial charge >= 0.3 is 7.12 Å². The van der Waals surface area contributed by atoms with Gasteiger partial charge in [0.2, 0.25) is 0 Å². The standard InChI is InChI=1S/C28H29BFN3O2/c1-18-16-23(30)21(17-22(18)29-34-27(2,3)28(4,5)35-29)26-32-24(19-12-8-6-9-13-19)31-25(33-26)20-14-10-7-11-15-20/h6-15,17-18H,16H2,1-5H3. The van der Waals surface area contributed by atoms with Crippen LogP contribution in [0.25, 0.3) is 28.3 Å². The van der Waals surface area contributed by atoms with Crippen molar-refractivity contribution in [3.8, 4) is 22.8 Å². The van der Waals surface area contributed by atoms with E-state index < -0.39 is 18.3 Å². The Hall–Kier alpha value is -3.16. The Kier molecular flexibility index (Phi) is 5.94. The van der Waals surface area contributed by atoms with Crippen LogP contribution in [0.15, 0.2) is 78.0 Å². The third-order valence-electron chi connectivity index (χ3n) is 7.12. The molecule has 1 saturated heterocycles. The van der Waals surface area contributed by atoms with Crippen molar-refractivity contribution in [1.29, 1.82) is 0 Å². The average molecular weight is 469 g/mol. The fraction of sp³-hybridized carbons (Fsp3) is 0.321. The maximum absolute atomic E-state index is 15.5. The van der Waals surface area contributed by atoms with Crippen LogP contribution in [0.3, 0.4) is 0 Å². The molecule has 0 bridgehead atoms. The van der Waals surface area contributed by atoms with E-state index in [0.29, 0.717) is 23.0 Å². The molecule has 5 nitrogen and oxygen atoms in total. The summed E-state index contributed by atoms with van der Waals surface area (Å²) >= 11 is 0. The zero-order chi connectivity index (χ0) is 24.8. The Balaban J connectivity index is 1.62. The molecule has 2 aliphatic rings. The van der Waals surface area contributed by atoms with Crippen molar-refractivity contribution < 1.29 is 13.7 Å². The van der Waals surface area contributed by atoms with Gasteiger partial charge in [-0.2, -0.15) is 0 Å². The summed E-state index contributed by atoms with van der Waals surface area (Å²) in [6.45, 7) is 10.1. The van der Waals surface area contributed by atoms with E-state index in [1.807, 2.05) is 101 Å². The van der Waals surface area contributed by atoms with Crippen LogP contribution in [0.5, 0.6) is 0 Å². The molecule has 0 N–H and O–H groups in total. The topological polar surface area (TPSA) is 57.1 Å². The maximum atomic E-state index is 15.5. The molecule has 7 heteroatoms. The van der Waals surface area contributed by atoms with Gasteiger partial charge in [0.15, 0.2) is 17.5 Å². The number of rotatable bonds is 4. The summed E-state index contributed by atoms with van der Waals surface area (Å²) in [5.41, 5.74) is 1.97. The van der Waals surface area contributed by atoms with Gasteiger partial charge in [-0.25, -0.2) is 19.3 Å². The lowest BCUT2D eigenvalue weighted by Gasteiger charge is -2.32. The maximum Gasteiger partial charge on any atom is 0.490 e. The number of nitrogens with zero attached hydrogens (tertiary/aromatic N) is 3. The third-order valence-corrected chi connectivity index (χ3v) is 7.12. The van der Waals surface area contributed by atoms with Gasteiger partial charge in [-0.05, 0) is 39.1 Å². The van der Waals surface area contributed by atoms with Crippen molar-refractivity contribution in [1.82, 2.24) is 15.0 Å². The van der Waals surface area contributed by atoms with Gasteiger partial charge in [-0.3, -0.25) is 0 Å². The molecule has 35 heavy (non-hydrogen) atoms. The Morgan fingerprint density at radius 3 is 1.71 bits per heavy atom. The number of hydrogen-bond donors (Lipinski definition) is 0. The highest BCUT2D eigenvalue weighted by atomic mass is 19.1. The van der Waals surface area contributed by atoms with Crippen molar-refractivity contribution in [2.45, 2.75) is 52.2 Å². The van der Waals surface area contributed by atoms with Crippen molar-refractivity contribution in [3.05, 3.63) is 83.9 Å². The van der Waals surface area contributed by atoms with Crippen molar-refractivity contribution in [3.63, 3.8) is 0 Å². The van der Waals surface area contributed by atoms with Crippen LogP contribution in [-0.4, -0.2) is 33.3 Å². The van der Waals surface area contributed by atoms with E-state index in [9.17, 15) is 0 Å².